The first-order valence-electron chi connectivity index (χ1n) is 4.53. The Kier molecular flexibility index (Phi) is 2.39. The highest BCUT2D eigenvalue weighted by atomic mass is 35.5. The fraction of sp³-hybridized carbons (Fsp3) is 0.600. The van der Waals surface area contributed by atoms with Gasteiger partial charge in [0.2, 0.25) is 0 Å². The summed E-state index contributed by atoms with van der Waals surface area (Å²) < 4.78 is 6.24. The van der Waals surface area contributed by atoms with Gasteiger partial charge in [0.25, 0.3) is 0 Å². The van der Waals surface area contributed by atoms with Crippen molar-refractivity contribution in [3.05, 3.63) is 21.3 Å². The van der Waals surface area contributed by atoms with Gasteiger partial charge in [0, 0.05) is 11.3 Å². The maximum Gasteiger partial charge on any atom is 0.125 e. The smallest absolute Gasteiger partial charge is 0.125 e. The van der Waals surface area contributed by atoms with Gasteiger partial charge in [-0.05, 0) is 26.0 Å². The summed E-state index contributed by atoms with van der Waals surface area (Å²) in [6.45, 7) is 4.33. The van der Waals surface area contributed by atoms with Gasteiger partial charge < -0.3 is 9.84 Å². The minimum atomic E-state index is -0.846. The molecule has 0 aromatic carbocycles. The summed E-state index contributed by atoms with van der Waals surface area (Å²) in [7, 11) is 0. The standard InChI is InChI=1S/C10H13ClO2S/c1-9(2)5-10(12,6-13-9)7-3-4-8(11)14-7/h3-4,12H,5-6H2,1-2H3. The molecule has 0 aliphatic carbocycles. The molecule has 0 amide bonds. The Balaban J connectivity index is 2.27. The number of thiophene rings is 1. The van der Waals surface area contributed by atoms with Crippen molar-refractivity contribution in [1.82, 2.24) is 0 Å². The average molecular weight is 233 g/mol. The van der Waals surface area contributed by atoms with E-state index in [1.165, 1.54) is 11.3 Å². The molecule has 1 aliphatic heterocycles. The zero-order valence-electron chi connectivity index (χ0n) is 8.21. The van der Waals surface area contributed by atoms with Crippen molar-refractivity contribution in [3.8, 4) is 0 Å². The van der Waals surface area contributed by atoms with Crippen LogP contribution in [0, 0.1) is 0 Å². The largest absolute Gasteiger partial charge is 0.382 e. The molecule has 1 aromatic rings. The Morgan fingerprint density at radius 1 is 1.50 bits per heavy atom. The highest BCUT2D eigenvalue weighted by molar-refractivity contribution is 7.16. The Morgan fingerprint density at radius 3 is 2.64 bits per heavy atom. The predicted octanol–water partition coefficient (Wildman–Crippen LogP) is 2.79. The zero-order valence-corrected chi connectivity index (χ0v) is 9.78. The molecular weight excluding hydrogens is 220 g/mol. The average Bonchev–Trinajstić information content (AvgIpc) is 2.57. The second-order valence-corrected chi connectivity index (χ2v) is 6.08. The fourth-order valence-electron chi connectivity index (χ4n) is 1.84. The van der Waals surface area contributed by atoms with E-state index in [0.717, 1.165) is 4.88 Å². The van der Waals surface area contributed by atoms with Crippen LogP contribution < -0.4 is 0 Å². The van der Waals surface area contributed by atoms with E-state index in [0.29, 0.717) is 17.4 Å². The molecule has 2 rings (SSSR count). The van der Waals surface area contributed by atoms with Crippen molar-refractivity contribution in [2.75, 3.05) is 6.61 Å². The number of aliphatic hydroxyl groups is 1. The van der Waals surface area contributed by atoms with Crippen LogP contribution in [0.2, 0.25) is 4.34 Å². The van der Waals surface area contributed by atoms with E-state index in [9.17, 15) is 5.11 Å². The molecule has 1 saturated heterocycles. The van der Waals surface area contributed by atoms with Crippen LogP contribution in [0.4, 0.5) is 0 Å². The molecule has 1 atom stereocenters. The van der Waals surface area contributed by atoms with Crippen LogP contribution in [0.1, 0.15) is 25.1 Å². The maximum absolute atomic E-state index is 10.3. The summed E-state index contributed by atoms with van der Waals surface area (Å²) in [6, 6.07) is 3.68. The summed E-state index contributed by atoms with van der Waals surface area (Å²) >= 11 is 7.26. The quantitative estimate of drug-likeness (QED) is 0.807. The first kappa shape index (κ1) is 10.4. The molecule has 4 heteroatoms. The van der Waals surface area contributed by atoms with Crippen LogP contribution in [-0.4, -0.2) is 17.3 Å². The predicted molar refractivity (Wildman–Crippen MR) is 57.9 cm³/mol. The minimum Gasteiger partial charge on any atom is -0.382 e. The van der Waals surface area contributed by atoms with Crippen molar-refractivity contribution in [1.29, 1.82) is 0 Å². The van der Waals surface area contributed by atoms with Crippen LogP contribution in [0.15, 0.2) is 12.1 Å². The molecule has 0 radical (unpaired) electrons. The third kappa shape index (κ3) is 1.82. The van der Waals surface area contributed by atoms with E-state index >= 15 is 0 Å². The van der Waals surface area contributed by atoms with Crippen LogP contribution in [-0.2, 0) is 10.3 Å². The van der Waals surface area contributed by atoms with E-state index in [4.69, 9.17) is 16.3 Å². The summed E-state index contributed by atoms with van der Waals surface area (Å²) in [5.74, 6) is 0. The minimum absolute atomic E-state index is 0.245. The Hall–Kier alpha value is -0.0900. The molecular formula is C10H13ClO2S. The van der Waals surface area contributed by atoms with E-state index in [1.807, 2.05) is 26.0 Å². The monoisotopic (exact) mass is 232 g/mol. The Labute approximate surface area is 92.5 Å². The van der Waals surface area contributed by atoms with Gasteiger partial charge in [0.05, 0.1) is 16.5 Å². The molecule has 2 heterocycles. The lowest BCUT2D eigenvalue weighted by Crippen LogP contribution is -2.26. The number of halogens is 1. The molecule has 0 saturated carbocycles. The van der Waals surface area contributed by atoms with Gasteiger partial charge in [-0.1, -0.05) is 11.6 Å². The number of ether oxygens (including phenoxy) is 1. The van der Waals surface area contributed by atoms with Crippen molar-refractivity contribution in [2.24, 2.45) is 0 Å². The van der Waals surface area contributed by atoms with Crippen LogP contribution >= 0.6 is 22.9 Å². The molecule has 0 spiro atoms. The zero-order chi connectivity index (χ0) is 10.4. The summed E-state index contributed by atoms with van der Waals surface area (Å²) in [4.78, 5) is 0.896. The van der Waals surface area contributed by atoms with Crippen LogP contribution in [0.5, 0.6) is 0 Å². The second kappa shape index (κ2) is 3.20. The van der Waals surface area contributed by atoms with Crippen LogP contribution in [0.25, 0.3) is 0 Å². The third-order valence-corrected chi connectivity index (χ3v) is 3.88. The molecule has 2 nitrogen and oxygen atoms in total. The van der Waals surface area contributed by atoms with Gasteiger partial charge in [0.1, 0.15) is 5.60 Å². The SMILES string of the molecule is CC1(C)CC(O)(c2ccc(Cl)s2)CO1. The van der Waals surface area contributed by atoms with Gasteiger partial charge >= 0.3 is 0 Å². The molecule has 1 unspecified atom stereocenters. The summed E-state index contributed by atoms with van der Waals surface area (Å²) in [6.07, 6.45) is 0.622. The van der Waals surface area contributed by atoms with Crippen molar-refractivity contribution in [2.45, 2.75) is 31.5 Å². The Bertz CT molecular complexity index is 348. The second-order valence-electron chi connectivity index (χ2n) is 4.36. The van der Waals surface area contributed by atoms with E-state index in [1.54, 1.807) is 0 Å². The molecule has 0 bridgehead atoms. The van der Waals surface area contributed by atoms with Crippen molar-refractivity contribution < 1.29 is 9.84 Å². The topological polar surface area (TPSA) is 29.5 Å². The van der Waals surface area contributed by atoms with Gasteiger partial charge in [0.15, 0.2) is 0 Å². The highest BCUT2D eigenvalue weighted by Crippen LogP contribution is 2.42. The number of rotatable bonds is 1. The summed E-state index contributed by atoms with van der Waals surface area (Å²) in [5, 5.41) is 10.3. The lowest BCUT2D eigenvalue weighted by molar-refractivity contribution is 0.00524. The molecule has 1 fully saturated rings. The van der Waals surface area contributed by atoms with E-state index in [2.05, 4.69) is 0 Å². The van der Waals surface area contributed by atoms with Gasteiger partial charge in [-0.15, -0.1) is 11.3 Å². The molecule has 1 N–H and O–H groups in total. The number of hydrogen-bond acceptors (Lipinski definition) is 3. The van der Waals surface area contributed by atoms with Crippen molar-refractivity contribution >= 4 is 22.9 Å². The molecule has 1 aliphatic rings. The maximum atomic E-state index is 10.3. The van der Waals surface area contributed by atoms with Crippen molar-refractivity contribution in [3.63, 3.8) is 0 Å². The highest BCUT2D eigenvalue weighted by Gasteiger charge is 2.45. The lowest BCUT2D eigenvalue weighted by Gasteiger charge is -2.20. The molecule has 78 valence electrons. The summed E-state index contributed by atoms with van der Waals surface area (Å²) in [5.41, 5.74) is -1.09. The van der Waals surface area contributed by atoms with E-state index in [-0.39, 0.29) is 5.60 Å². The molecule has 14 heavy (non-hydrogen) atoms. The van der Waals surface area contributed by atoms with Gasteiger partial charge in [-0.25, -0.2) is 0 Å². The first-order valence-corrected chi connectivity index (χ1v) is 5.73. The Morgan fingerprint density at radius 2 is 2.21 bits per heavy atom. The van der Waals surface area contributed by atoms with E-state index < -0.39 is 5.60 Å². The van der Waals surface area contributed by atoms with Crippen LogP contribution in [0.3, 0.4) is 0 Å². The normalized spacial score (nSPS) is 30.9. The van der Waals surface area contributed by atoms with Gasteiger partial charge in [-0.3, -0.25) is 0 Å². The third-order valence-electron chi connectivity index (χ3n) is 2.45. The first-order chi connectivity index (χ1) is 6.41. The number of hydrogen-bond donors (Lipinski definition) is 1. The molecule has 1 aromatic heterocycles. The van der Waals surface area contributed by atoms with Gasteiger partial charge in [-0.2, -0.15) is 0 Å². The lowest BCUT2D eigenvalue weighted by atomic mass is 9.92. The fourth-order valence-corrected chi connectivity index (χ4v) is 2.96.